The third kappa shape index (κ3) is 3.87. The second-order valence-corrected chi connectivity index (χ2v) is 7.85. The molecule has 0 aromatic heterocycles. The molecule has 0 N–H and O–H groups in total. The Balaban J connectivity index is 2.55. The summed E-state index contributed by atoms with van der Waals surface area (Å²) in [4.78, 5) is 0.0325. The monoisotopic (exact) mass is 398 g/mol. The van der Waals surface area contributed by atoms with E-state index in [0.717, 1.165) is 11.1 Å². The summed E-state index contributed by atoms with van der Waals surface area (Å²) >= 11 is 3.29. The fourth-order valence-electron chi connectivity index (χ4n) is 2.33. The fraction of sp³-hybridized carbons (Fsp3) is 0.294. The lowest BCUT2D eigenvalue weighted by atomic mass is 9.98. The van der Waals surface area contributed by atoms with Crippen molar-refractivity contribution in [2.24, 2.45) is 0 Å². The van der Waals surface area contributed by atoms with Crippen molar-refractivity contribution in [3.8, 4) is 11.5 Å². The summed E-state index contributed by atoms with van der Waals surface area (Å²) in [6.45, 7) is 5.96. The minimum Gasteiger partial charge on any atom is -0.495 e. The Morgan fingerprint density at radius 3 is 2.30 bits per heavy atom. The average Bonchev–Trinajstić information content (AvgIpc) is 2.48. The maximum atomic E-state index is 12.7. The van der Waals surface area contributed by atoms with Crippen LogP contribution in [0.25, 0.3) is 0 Å². The second-order valence-electron chi connectivity index (χ2n) is 5.48. The summed E-state index contributed by atoms with van der Waals surface area (Å²) in [6, 6.07) is 10.2. The molecule has 0 atom stereocenters. The van der Waals surface area contributed by atoms with Gasteiger partial charge in [-0.2, -0.15) is 8.42 Å². The van der Waals surface area contributed by atoms with Crippen molar-refractivity contribution in [1.82, 2.24) is 0 Å². The van der Waals surface area contributed by atoms with Gasteiger partial charge in [0.1, 0.15) is 10.6 Å². The van der Waals surface area contributed by atoms with Crippen molar-refractivity contribution in [2.75, 3.05) is 7.11 Å². The molecule has 0 radical (unpaired) electrons. The highest BCUT2D eigenvalue weighted by Gasteiger charge is 2.25. The van der Waals surface area contributed by atoms with Gasteiger partial charge in [-0.1, -0.05) is 26.0 Å². The van der Waals surface area contributed by atoms with Gasteiger partial charge in [0.05, 0.1) is 11.6 Å². The zero-order valence-corrected chi connectivity index (χ0v) is 15.9. The topological polar surface area (TPSA) is 52.6 Å². The lowest BCUT2D eigenvalue weighted by Gasteiger charge is -2.16. The molecule has 0 spiro atoms. The molecule has 124 valence electrons. The van der Waals surface area contributed by atoms with E-state index in [1.54, 1.807) is 36.4 Å². The molecule has 0 bridgehead atoms. The number of para-hydroxylation sites is 1. The summed E-state index contributed by atoms with van der Waals surface area (Å²) in [5.74, 6) is 0.707. The highest BCUT2D eigenvalue weighted by molar-refractivity contribution is 9.10. The molecule has 2 aromatic rings. The van der Waals surface area contributed by atoms with Crippen LogP contribution in [0.2, 0.25) is 0 Å². The van der Waals surface area contributed by atoms with Gasteiger partial charge in [0.2, 0.25) is 0 Å². The number of rotatable bonds is 5. The van der Waals surface area contributed by atoms with Gasteiger partial charge in [-0.3, -0.25) is 0 Å². The van der Waals surface area contributed by atoms with Crippen LogP contribution >= 0.6 is 15.9 Å². The van der Waals surface area contributed by atoms with Crippen molar-refractivity contribution in [2.45, 2.75) is 31.6 Å². The Bertz CT molecular complexity index is 813. The number of ether oxygens (including phenoxy) is 1. The van der Waals surface area contributed by atoms with Crippen molar-refractivity contribution in [3.05, 3.63) is 52.0 Å². The predicted octanol–water partition coefficient (Wildman–Crippen LogP) is 4.66. The summed E-state index contributed by atoms with van der Waals surface area (Å²) in [5, 5.41) is 0. The van der Waals surface area contributed by atoms with Crippen LogP contribution < -0.4 is 8.92 Å². The van der Waals surface area contributed by atoms with Crippen molar-refractivity contribution in [3.63, 3.8) is 0 Å². The van der Waals surface area contributed by atoms with Gasteiger partial charge < -0.3 is 8.92 Å². The number of halogens is 1. The minimum absolute atomic E-state index is 0.0325. The normalized spacial score (nSPS) is 11.6. The van der Waals surface area contributed by atoms with Crippen molar-refractivity contribution < 1.29 is 17.3 Å². The second kappa shape index (κ2) is 6.93. The largest absolute Gasteiger partial charge is 0.495 e. The van der Waals surface area contributed by atoms with E-state index in [4.69, 9.17) is 8.92 Å². The number of aryl methyl sites for hydroxylation is 1. The van der Waals surface area contributed by atoms with Crippen LogP contribution in [0.5, 0.6) is 11.5 Å². The van der Waals surface area contributed by atoms with Gasteiger partial charge in [-0.05, 0) is 64.2 Å². The van der Waals surface area contributed by atoms with Crippen LogP contribution in [0.1, 0.15) is 30.9 Å². The Labute approximate surface area is 145 Å². The molecule has 0 aliphatic rings. The number of benzene rings is 2. The zero-order chi connectivity index (χ0) is 17.2. The predicted molar refractivity (Wildman–Crippen MR) is 93.8 cm³/mol. The third-order valence-corrected chi connectivity index (χ3v) is 5.39. The lowest BCUT2D eigenvalue weighted by Crippen LogP contribution is -2.12. The van der Waals surface area contributed by atoms with Crippen LogP contribution in [0, 0.1) is 6.92 Å². The maximum Gasteiger partial charge on any atom is 0.342 e. The van der Waals surface area contributed by atoms with E-state index in [1.807, 2.05) is 20.8 Å². The van der Waals surface area contributed by atoms with Crippen LogP contribution in [-0.4, -0.2) is 15.5 Å². The Morgan fingerprint density at radius 2 is 1.74 bits per heavy atom. The van der Waals surface area contributed by atoms with Crippen LogP contribution in [-0.2, 0) is 10.1 Å². The van der Waals surface area contributed by atoms with E-state index in [2.05, 4.69) is 15.9 Å². The minimum atomic E-state index is -4.01. The van der Waals surface area contributed by atoms with Crippen LogP contribution in [0.4, 0.5) is 0 Å². The molecule has 4 nitrogen and oxygen atoms in total. The van der Waals surface area contributed by atoms with Gasteiger partial charge in [0.15, 0.2) is 5.75 Å². The van der Waals surface area contributed by atoms with Gasteiger partial charge in [0.25, 0.3) is 0 Å². The van der Waals surface area contributed by atoms with E-state index < -0.39 is 10.1 Å². The molecular weight excluding hydrogens is 380 g/mol. The standard InChI is InChI=1S/C17H19BrO4S/c1-11(2)13-10-17(16(21-4)9-12(13)3)23(19,20)22-15-8-6-5-7-14(15)18/h5-11H,1-4H3. The van der Waals surface area contributed by atoms with E-state index in [1.165, 1.54) is 7.11 Å². The Hall–Kier alpha value is -1.53. The summed E-state index contributed by atoms with van der Waals surface area (Å²) in [5.41, 5.74) is 1.93. The highest BCUT2D eigenvalue weighted by atomic mass is 79.9. The van der Waals surface area contributed by atoms with Gasteiger partial charge >= 0.3 is 10.1 Å². The first kappa shape index (κ1) is 17.8. The summed E-state index contributed by atoms with van der Waals surface area (Å²) in [7, 11) is -2.56. The molecule has 0 fully saturated rings. The molecule has 0 saturated carbocycles. The van der Waals surface area contributed by atoms with Crippen molar-refractivity contribution >= 4 is 26.0 Å². The third-order valence-electron chi connectivity index (χ3n) is 3.48. The van der Waals surface area contributed by atoms with Crippen LogP contribution in [0.3, 0.4) is 0 Å². The highest BCUT2D eigenvalue weighted by Crippen LogP contribution is 2.34. The zero-order valence-electron chi connectivity index (χ0n) is 13.5. The van der Waals surface area contributed by atoms with Crippen LogP contribution in [0.15, 0.2) is 45.8 Å². The van der Waals surface area contributed by atoms with Gasteiger partial charge in [-0.25, -0.2) is 0 Å². The number of methoxy groups -OCH3 is 1. The summed E-state index contributed by atoms with van der Waals surface area (Å²) in [6.07, 6.45) is 0. The molecular formula is C17H19BrO4S. The summed E-state index contributed by atoms with van der Waals surface area (Å²) < 4.78 is 36.5. The van der Waals surface area contributed by atoms with E-state index in [-0.39, 0.29) is 22.3 Å². The average molecular weight is 399 g/mol. The SMILES string of the molecule is COc1cc(C)c(C(C)C)cc1S(=O)(=O)Oc1ccccc1Br. The maximum absolute atomic E-state index is 12.7. The smallest absolute Gasteiger partial charge is 0.342 e. The molecule has 6 heteroatoms. The molecule has 2 aromatic carbocycles. The molecule has 0 aliphatic heterocycles. The van der Waals surface area contributed by atoms with Crippen molar-refractivity contribution in [1.29, 1.82) is 0 Å². The molecule has 0 aliphatic carbocycles. The van der Waals surface area contributed by atoms with Gasteiger partial charge in [0, 0.05) is 0 Å². The first-order valence-electron chi connectivity index (χ1n) is 7.14. The molecule has 23 heavy (non-hydrogen) atoms. The first-order valence-corrected chi connectivity index (χ1v) is 9.34. The van der Waals surface area contributed by atoms with E-state index in [0.29, 0.717) is 4.47 Å². The molecule has 0 saturated heterocycles. The number of hydrogen-bond acceptors (Lipinski definition) is 4. The molecule has 0 amide bonds. The Kier molecular flexibility index (Phi) is 5.37. The van der Waals surface area contributed by atoms with E-state index in [9.17, 15) is 8.42 Å². The quantitative estimate of drug-likeness (QED) is 0.687. The Morgan fingerprint density at radius 1 is 1.09 bits per heavy atom. The molecule has 0 unspecified atom stereocenters. The molecule has 0 heterocycles. The molecule has 2 rings (SSSR count). The van der Waals surface area contributed by atoms with E-state index >= 15 is 0 Å². The fourth-order valence-corrected chi connectivity index (χ4v) is 3.93. The van der Waals surface area contributed by atoms with Gasteiger partial charge in [-0.15, -0.1) is 0 Å². The first-order chi connectivity index (χ1) is 10.8. The number of hydrogen-bond donors (Lipinski definition) is 0. The lowest BCUT2D eigenvalue weighted by molar-refractivity contribution is 0.397.